The van der Waals surface area contributed by atoms with Crippen LogP contribution in [0.4, 0.5) is 0 Å². The summed E-state index contributed by atoms with van der Waals surface area (Å²) in [6.45, 7) is 7.52. The van der Waals surface area contributed by atoms with Crippen LogP contribution in [0.15, 0.2) is 40.9 Å². The summed E-state index contributed by atoms with van der Waals surface area (Å²) in [5.74, 6) is 1.51. The van der Waals surface area contributed by atoms with Crippen LogP contribution in [-0.2, 0) is 17.8 Å². The van der Waals surface area contributed by atoms with Crippen LogP contribution in [0, 0.1) is 19.8 Å². The first kappa shape index (κ1) is 20.1. The van der Waals surface area contributed by atoms with Gasteiger partial charge in [0.15, 0.2) is 11.7 Å². The first-order chi connectivity index (χ1) is 13.4. The van der Waals surface area contributed by atoms with Crippen molar-refractivity contribution in [3.63, 3.8) is 0 Å². The standard InChI is InChI=1S/C21H25ClN4O2/c1-14(13-26-16(3)10-15(2)25-26)11-23-20(27)8-9-21-24-12-19(28-21)17-4-6-18(22)7-5-17/h4-7,10,12,14H,8-9,11,13H2,1-3H3,(H,23,27). The summed E-state index contributed by atoms with van der Waals surface area (Å²) >= 11 is 5.90. The van der Waals surface area contributed by atoms with Gasteiger partial charge in [-0.3, -0.25) is 9.48 Å². The molecule has 0 aliphatic heterocycles. The number of amides is 1. The molecule has 0 radical (unpaired) electrons. The molecule has 1 unspecified atom stereocenters. The van der Waals surface area contributed by atoms with Gasteiger partial charge in [0.1, 0.15) is 0 Å². The number of aromatic nitrogens is 3. The topological polar surface area (TPSA) is 73.0 Å². The second kappa shape index (κ2) is 9.06. The number of nitrogens with zero attached hydrogens (tertiary/aromatic N) is 3. The van der Waals surface area contributed by atoms with Gasteiger partial charge in [0, 0.05) is 42.2 Å². The van der Waals surface area contributed by atoms with Crippen LogP contribution in [0.5, 0.6) is 0 Å². The molecule has 3 aromatic rings. The Hall–Kier alpha value is -2.60. The third-order valence-electron chi connectivity index (χ3n) is 4.48. The highest BCUT2D eigenvalue weighted by Crippen LogP contribution is 2.22. The van der Waals surface area contributed by atoms with E-state index in [1.807, 2.05) is 30.7 Å². The zero-order valence-electron chi connectivity index (χ0n) is 16.4. The van der Waals surface area contributed by atoms with E-state index in [-0.39, 0.29) is 5.91 Å². The zero-order valence-corrected chi connectivity index (χ0v) is 17.2. The number of oxazole rings is 1. The second-order valence-corrected chi connectivity index (χ2v) is 7.58. The minimum atomic E-state index is -0.00791. The highest BCUT2D eigenvalue weighted by atomic mass is 35.5. The summed E-state index contributed by atoms with van der Waals surface area (Å²) in [6, 6.07) is 9.42. The van der Waals surface area contributed by atoms with Crippen molar-refractivity contribution in [2.45, 2.75) is 40.2 Å². The van der Waals surface area contributed by atoms with Gasteiger partial charge in [-0.2, -0.15) is 5.10 Å². The van der Waals surface area contributed by atoms with Crippen LogP contribution in [0.2, 0.25) is 5.02 Å². The lowest BCUT2D eigenvalue weighted by Crippen LogP contribution is -2.30. The van der Waals surface area contributed by atoms with Gasteiger partial charge >= 0.3 is 0 Å². The van der Waals surface area contributed by atoms with Gasteiger partial charge in [-0.15, -0.1) is 0 Å². The number of hydrogen-bond donors (Lipinski definition) is 1. The van der Waals surface area contributed by atoms with Crippen LogP contribution in [0.25, 0.3) is 11.3 Å². The molecule has 1 atom stereocenters. The van der Waals surface area contributed by atoms with E-state index in [9.17, 15) is 4.79 Å². The largest absolute Gasteiger partial charge is 0.441 e. The van der Waals surface area contributed by atoms with Gasteiger partial charge in [0.2, 0.25) is 5.91 Å². The quantitative estimate of drug-likeness (QED) is 0.615. The predicted molar refractivity (Wildman–Crippen MR) is 109 cm³/mol. The molecule has 0 fully saturated rings. The minimum Gasteiger partial charge on any atom is -0.441 e. The Morgan fingerprint density at radius 1 is 1.29 bits per heavy atom. The Morgan fingerprint density at radius 3 is 2.71 bits per heavy atom. The molecule has 0 spiro atoms. The third-order valence-corrected chi connectivity index (χ3v) is 4.74. The van der Waals surface area contributed by atoms with E-state index in [0.29, 0.717) is 42.0 Å². The molecule has 0 bridgehead atoms. The summed E-state index contributed by atoms with van der Waals surface area (Å²) in [7, 11) is 0. The maximum absolute atomic E-state index is 12.1. The molecule has 6 nitrogen and oxygen atoms in total. The van der Waals surface area contributed by atoms with E-state index in [1.54, 1.807) is 18.3 Å². The molecule has 7 heteroatoms. The van der Waals surface area contributed by atoms with E-state index in [2.05, 4.69) is 28.4 Å². The minimum absolute atomic E-state index is 0.00791. The van der Waals surface area contributed by atoms with Crippen LogP contribution in [0.3, 0.4) is 0 Å². The van der Waals surface area contributed by atoms with Crippen LogP contribution < -0.4 is 5.32 Å². The van der Waals surface area contributed by atoms with Crippen LogP contribution in [0.1, 0.15) is 30.6 Å². The Morgan fingerprint density at radius 2 is 2.04 bits per heavy atom. The van der Waals surface area contributed by atoms with Gasteiger partial charge in [-0.1, -0.05) is 18.5 Å². The number of halogens is 1. The number of rotatable bonds is 8. The van der Waals surface area contributed by atoms with Crippen molar-refractivity contribution >= 4 is 17.5 Å². The molecule has 1 aromatic carbocycles. The third kappa shape index (κ3) is 5.45. The maximum atomic E-state index is 12.1. The Bertz CT molecular complexity index is 930. The molecular weight excluding hydrogens is 376 g/mol. The molecule has 0 aliphatic rings. The van der Waals surface area contributed by atoms with Crippen molar-refractivity contribution in [2.75, 3.05) is 6.54 Å². The lowest BCUT2D eigenvalue weighted by atomic mass is 10.1. The molecule has 28 heavy (non-hydrogen) atoms. The first-order valence-corrected chi connectivity index (χ1v) is 9.77. The Kier molecular flexibility index (Phi) is 6.52. The summed E-state index contributed by atoms with van der Waals surface area (Å²) in [5, 5.41) is 8.11. The van der Waals surface area contributed by atoms with E-state index in [1.165, 1.54) is 0 Å². The van der Waals surface area contributed by atoms with Crippen molar-refractivity contribution < 1.29 is 9.21 Å². The van der Waals surface area contributed by atoms with Crippen molar-refractivity contribution in [1.82, 2.24) is 20.1 Å². The molecular formula is C21H25ClN4O2. The lowest BCUT2D eigenvalue weighted by Gasteiger charge is -2.13. The number of nitrogens with one attached hydrogen (secondary N) is 1. The molecule has 3 rings (SSSR count). The molecule has 2 aromatic heterocycles. The van der Waals surface area contributed by atoms with Gasteiger partial charge < -0.3 is 9.73 Å². The SMILES string of the molecule is Cc1cc(C)n(CC(C)CNC(=O)CCc2ncc(-c3ccc(Cl)cc3)o2)n1. The lowest BCUT2D eigenvalue weighted by molar-refractivity contribution is -0.121. The first-order valence-electron chi connectivity index (χ1n) is 9.39. The van der Waals surface area contributed by atoms with E-state index in [4.69, 9.17) is 16.0 Å². The fourth-order valence-electron chi connectivity index (χ4n) is 2.99. The summed E-state index contributed by atoms with van der Waals surface area (Å²) in [4.78, 5) is 16.4. The fourth-order valence-corrected chi connectivity index (χ4v) is 3.12. The number of benzene rings is 1. The number of carbonyl (C=O) groups is 1. The van der Waals surface area contributed by atoms with Gasteiger partial charge in [0.05, 0.1) is 11.9 Å². The molecule has 0 saturated heterocycles. The predicted octanol–water partition coefficient (Wildman–Crippen LogP) is 4.19. The van der Waals surface area contributed by atoms with E-state index < -0.39 is 0 Å². The average Bonchev–Trinajstić information content (AvgIpc) is 3.25. The highest BCUT2D eigenvalue weighted by molar-refractivity contribution is 6.30. The van der Waals surface area contributed by atoms with Gasteiger partial charge in [0.25, 0.3) is 0 Å². The summed E-state index contributed by atoms with van der Waals surface area (Å²) in [6.07, 6.45) is 2.48. The van der Waals surface area contributed by atoms with E-state index >= 15 is 0 Å². The molecule has 0 saturated carbocycles. The summed E-state index contributed by atoms with van der Waals surface area (Å²) in [5.41, 5.74) is 3.05. The van der Waals surface area contributed by atoms with Crippen molar-refractivity contribution in [2.24, 2.45) is 5.92 Å². The number of aryl methyl sites for hydroxylation is 3. The van der Waals surface area contributed by atoms with Crippen molar-refractivity contribution in [1.29, 1.82) is 0 Å². The smallest absolute Gasteiger partial charge is 0.220 e. The maximum Gasteiger partial charge on any atom is 0.220 e. The Balaban J connectivity index is 1.43. The Labute approximate surface area is 169 Å². The monoisotopic (exact) mass is 400 g/mol. The zero-order chi connectivity index (χ0) is 20.1. The van der Waals surface area contributed by atoms with Crippen molar-refractivity contribution in [3.05, 3.63) is 58.8 Å². The highest BCUT2D eigenvalue weighted by Gasteiger charge is 2.11. The second-order valence-electron chi connectivity index (χ2n) is 7.14. The number of hydrogen-bond acceptors (Lipinski definition) is 4. The molecule has 1 N–H and O–H groups in total. The van der Waals surface area contributed by atoms with Crippen LogP contribution in [-0.4, -0.2) is 27.2 Å². The molecule has 2 heterocycles. The number of carbonyl (C=O) groups excluding carboxylic acids is 1. The fraction of sp³-hybridized carbons (Fsp3) is 0.381. The molecule has 1 amide bonds. The van der Waals surface area contributed by atoms with E-state index in [0.717, 1.165) is 23.5 Å². The van der Waals surface area contributed by atoms with Gasteiger partial charge in [-0.05, 0) is 50.1 Å². The van der Waals surface area contributed by atoms with Crippen molar-refractivity contribution in [3.8, 4) is 11.3 Å². The molecule has 0 aliphatic carbocycles. The van der Waals surface area contributed by atoms with Crippen LogP contribution >= 0.6 is 11.6 Å². The normalized spacial score (nSPS) is 12.1. The average molecular weight is 401 g/mol. The molecule has 148 valence electrons. The van der Waals surface area contributed by atoms with Gasteiger partial charge in [-0.25, -0.2) is 4.98 Å². The summed E-state index contributed by atoms with van der Waals surface area (Å²) < 4.78 is 7.72.